The molecule has 15 nitrogen and oxygen atoms in total. The highest BCUT2D eigenvalue weighted by Gasteiger charge is 2.55. The molecule has 1 aromatic heterocycles. The Morgan fingerprint density at radius 3 is 2.40 bits per heavy atom. The molecule has 5 aromatic rings. The predicted octanol–water partition coefficient (Wildman–Crippen LogP) is 10.2. The van der Waals surface area contributed by atoms with Crippen molar-refractivity contribution in [1.82, 2.24) is 15.6 Å². The number of nitrogens with zero attached hydrogens (tertiary/aromatic N) is 5. The van der Waals surface area contributed by atoms with Crippen LogP contribution in [0.1, 0.15) is 107 Å². The molecule has 12 rings (SSSR count). The SMILES string of the molecule is CC1(C)C2=C3C=C4C5=[N+](CCC4OC3CCN2c2ccc(CC(=O)NCCCCCC(=O)NCc3ccc(NC(=O)N4c6nc(-c7cccc(C(F)(F)F)c7)ccc6N6CCC[C@H]4C6)cc3)cc21)c1ccc(S(=O)(=O)[O-])cc1C5(C)C. The summed E-state index contributed by atoms with van der Waals surface area (Å²) in [6.45, 7) is 12.4. The summed E-state index contributed by atoms with van der Waals surface area (Å²) in [5, 5.41) is 9.04. The van der Waals surface area contributed by atoms with Crippen molar-refractivity contribution >= 4 is 62.2 Å². The molecule has 422 valence electrons. The normalized spacial score (nSPS) is 21.0. The van der Waals surface area contributed by atoms with Gasteiger partial charge < -0.3 is 35.0 Å². The average molecular weight is 1120 g/mol. The first-order valence-electron chi connectivity index (χ1n) is 28.1. The van der Waals surface area contributed by atoms with Gasteiger partial charge in [0, 0.05) is 96.4 Å². The van der Waals surface area contributed by atoms with Gasteiger partial charge in [-0.3, -0.25) is 14.5 Å². The number of nitrogens with one attached hydrogen (secondary N) is 3. The number of ether oxygens (including phenoxy) is 1. The third-order valence-electron chi connectivity index (χ3n) is 17.4. The van der Waals surface area contributed by atoms with Gasteiger partial charge in [0.15, 0.2) is 18.1 Å². The number of halogens is 3. The lowest BCUT2D eigenvalue weighted by molar-refractivity contribution is -0.445. The lowest BCUT2D eigenvalue weighted by Gasteiger charge is -2.45. The van der Waals surface area contributed by atoms with E-state index in [9.17, 15) is 40.5 Å². The molecule has 0 aliphatic carbocycles. The van der Waals surface area contributed by atoms with E-state index in [2.05, 4.69) is 76.2 Å². The number of aromatic nitrogens is 1. The van der Waals surface area contributed by atoms with Crippen molar-refractivity contribution in [3.8, 4) is 11.3 Å². The van der Waals surface area contributed by atoms with Crippen LogP contribution in [0.2, 0.25) is 0 Å². The van der Waals surface area contributed by atoms with E-state index >= 15 is 0 Å². The van der Waals surface area contributed by atoms with Crippen molar-refractivity contribution in [2.75, 3.05) is 52.7 Å². The molecule has 8 heterocycles. The highest BCUT2D eigenvalue weighted by atomic mass is 32.2. The summed E-state index contributed by atoms with van der Waals surface area (Å²) >= 11 is 0. The first-order chi connectivity index (χ1) is 38.6. The van der Waals surface area contributed by atoms with E-state index in [1.807, 2.05) is 24.3 Å². The van der Waals surface area contributed by atoms with Gasteiger partial charge in [0.1, 0.15) is 10.1 Å². The Labute approximate surface area is 469 Å². The second-order valence-corrected chi connectivity index (χ2v) is 24.8. The molecule has 1 fully saturated rings. The van der Waals surface area contributed by atoms with Crippen LogP contribution in [0.5, 0.6) is 0 Å². The monoisotopic (exact) mass is 1120 g/mol. The smallest absolute Gasteiger partial charge is 0.416 e. The van der Waals surface area contributed by atoms with E-state index in [-0.39, 0.29) is 52.8 Å². The summed E-state index contributed by atoms with van der Waals surface area (Å²) in [7, 11) is -4.62. The van der Waals surface area contributed by atoms with Crippen molar-refractivity contribution in [2.24, 2.45) is 0 Å². The summed E-state index contributed by atoms with van der Waals surface area (Å²) in [5.41, 5.74) is 10.6. The van der Waals surface area contributed by atoms with E-state index in [0.29, 0.717) is 55.2 Å². The number of rotatable bonds is 13. The molecule has 81 heavy (non-hydrogen) atoms. The second kappa shape index (κ2) is 20.6. The Hall–Kier alpha value is -7.35. The summed E-state index contributed by atoms with van der Waals surface area (Å²) in [6, 6.07) is 26.3. The van der Waals surface area contributed by atoms with Gasteiger partial charge in [-0.1, -0.05) is 56.7 Å². The number of allylic oxidation sites excluding steroid dienone is 1. The van der Waals surface area contributed by atoms with Crippen molar-refractivity contribution < 1.29 is 49.8 Å². The van der Waals surface area contributed by atoms with Crippen LogP contribution in [0, 0.1) is 0 Å². The number of carbonyl (C=O) groups excluding carboxylic acids is 3. The number of piperidine rings is 1. The van der Waals surface area contributed by atoms with Gasteiger partial charge in [0.2, 0.25) is 17.5 Å². The van der Waals surface area contributed by atoms with Crippen molar-refractivity contribution in [3.63, 3.8) is 0 Å². The summed E-state index contributed by atoms with van der Waals surface area (Å²) in [6.07, 6.45) is 3.65. The zero-order chi connectivity index (χ0) is 56.8. The van der Waals surface area contributed by atoms with Crippen LogP contribution in [0.4, 0.5) is 46.5 Å². The van der Waals surface area contributed by atoms with Crippen LogP contribution in [-0.2, 0) is 54.4 Å². The fourth-order valence-corrected chi connectivity index (χ4v) is 14.0. The molecule has 3 N–H and O–H groups in total. The van der Waals surface area contributed by atoms with Crippen LogP contribution in [0.3, 0.4) is 0 Å². The van der Waals surface area contributed by atoms with Gasteiger partial charge in [-0.05, 0) is 123 Å². The lowest BCUT2D eigenvalue weighted by Crippen LogP contribution is -2.56. The Kier molecular flexibility index (Phi) is 13.8. The van der Waals surface area contributed by atoms with Crippen LogP contribution in [0.25, 0.3) is 11.3 Å². The molecule has 3 atom stereocenters. The maximum absolute atomic E-state index is 14.0. The molecule has 7 aliphatic rings. The topological polar surface area (TPSA) is 179 Å². The zero-order valence-corrected chi connectivity index (χ0v) is 46.6. The molecular weight excluding hydrogens is 1060 g/mol. The van der Waals surface area contributed by atoms with E-state index in [1.165, 1.54) is 17.8 Å². The molecule has 2 bridgehead atoms. The number of hydrogen-bond acceptors (Lipinski definition) is 10. The van der Waals surface area contributed by atoms with Crippen LogP contribution < -0.4 is 30.7 Å². The molecule has 19 heteroatoms. The number of hydrogen-bond donors (Lipinski definition) is 3. The first kappa shape index (κ1) is 54.2. The van der Waals surface area contributed by atoms with Gasteiger partial charge in [0.25, 0.3) is 0 Å². The van der Waals surface area contributed by atoms with Crippen molar-refractivity contribution in [3.05, 3.63) is 148 Å². The standard InChI is InChI=1S/C62H65F3N8O7S/c1-60(2)46-30-38(16-21-49(46)71-28-24-52-44(56(60)71)34-45-53(80-52)25-29-72-50-22-19-43(81(77,78)79)33-47(50)61(3,4)57(45)72)31-55(75)66-26-7-5-6-13-54(74)67-35-37-14-17-41(18-15-37)68-59(76)73-42-12-9-27-70(36-42)51-23-20-48(69-58(51)73)39-10-8-11-40(32-39)62(63,64)65/h8,10-11,14-23,30,32-34,42,52-53H,5-7,9,12-13,24-29,31,35-36H2,1-4H3,(H3-,66,67,68,74,75,76,77,78,79)/t42-,52?,53?/m0/s1. The van der Waals surface area contributed by atoms with Gasteiger partial charge >= 0.3 is 12.2 Å². The first-order valence-corrected chi connectivity index (χ1v) is 29.5. The van der Waals surface area contributed by atoms with E-state index in [1.54, 1.807) is 41.3 Å². The number of alkyl halides is 3. The van der Waals surface area contributed by atoms with Gasteiger partial charge in [-0.25, -0.2) is 18.2 Å². The minimum Gasteiger partial charge on any atom is -0.744 e. The van der Waals surface area contributed by atoms with Gasteiger partial charge in [0.05, 0.1) is 51.9 Å². The van der Waals surface area contributed by atoms with Crippen molar-refractivity contribution in [1.29, 1.82) is 0 Å². The second-order valence-electron chi connectivity index (χ2n) is 23.5. The largest absolute Gasteiger partial charge is 0.744 e. The quantitative estimate of drug-likeness (QED) is 0.0584. The molecule has 4 amide bonds. The highest BCUT2D eigenvalue weighted by molar-refractivity contribution is 7.85. The number of urea groups is 1. The van der Waals surface area contributed by atoms with E-state index in [4.69, 9.17) is 9.72 Å². The van der Waals surface area contributed by atoms with E-state index < -0.39 is 27.3 Å². The fraction of sp³-hybridized carbons (Fsp3) is 0.403. The molecular formula is C62H65F3N8O7S. The third kappa shape index (κ3) is 10.1. The number of carbonyl (C=O) groups is 3. The lowest BCUT2D eigenvalue weighted by atomic mass is 9.74. The summed E-state index contributed by atoms with van der Waals surface area (Å²) < 4.78 is 86.1. The predicted molar refractivity (Wildman–Crippen MR) is 302 cm³/mol. The molecule has 4 aromatic carbocycles. The van der Waals surface area contributed by atoms with Gasteiger partial charge in [-0.15, -0.1) is 0 Å². The number of fused-ring (bicyclic) bond motifs is 12. The molecule has 7 aliphatic heterocycles. The average Bonchev–Trinajstić information content (AvgIpc) is 2.37. The Morgan fingerprint density at radius 2 is 1.60 bits per heavy atom. The fourth-order valence-electron chi connectivity index (χ4n) is 13.5. The van der Waals surface area contributed by atoms with E-state index in [0.717, 1.165) is 126 Å². The minimum atomic E-state index is -4.62. The Morgan fingerprint density at radius 1 is 0.815 bits per heavy atom. The molecule has 2 unspecified atom stereocenters. The molecule has 0 radical (unpaired) electrons. The summed E-state index contributed by atoms with van der Waals surface area (Å²) in [5.74, 6) is 0.257. The summed E-state index contributed by atoms with van der Waals surface area (Å²) in [4.78, 5) is 50.9. The van der Waals surface area contributed by atoms with Crippen LogP contribution in [-0.4, -0.2) is 97.1 Å². The molecule has 0 spiro atoms. The minimum absolute atomic E-state index is 0.0650. The Balaban J connectivity index is 0.609. The maximum atomic E-state index is 14.0. The number of amides is 4. The van der Waals surface area contributed by atoms with Crippen LogP contribution >= 0.6 is 0 Å². The number of pyridine rings is 1. The zero-order valence-electron chi connectivity index (χ0n) is 45.8. The van der Waals surface area contributed by atoms with Gasteiger partial charge in [-0.2, -0.15) is 17.7 Å². The Bertz CT molecular complexity index is 3630. The number of benzene rings is 4. The molecule has 0 saturated carbocycles. The molecule has 1 saturated heterocycles. The maximum Gasteiger partial charge on any atom is 0.416 e. The number of unbranched alkanes of at least 4 members (excludes halogenated alkanes) is 2. The highest BCUT2D eigenvalue weighted by Crippen LogP contribution is 2.55. The third-order valence-corrected chi connectivity index (χ3v) is 18.3. The number of anilines is 4. The van der Waals surface area contributed by atoms with Crippen LogP contribution in [0.15, 0.2) is 125 Å². The van der Waals surface area contributed by atoms with Crippen molar-refractivity contribution in [2.45, 2.75) is 132 Å².